The predicted molar refractivity (Wildman–Crippen MR) is 151 cm³/mol. The van der Waals surface area contributed by atoms with Crippen molar-refractivity contribution in [2.45, 2.75) is 54.3 Å². The second-order valence-corrected chi connectivity index (χ2v) is 10.8. The van der Waals surface area contributed by atoms with E-state index in [0.29, 0.717) is 19.8 Å². The van der Waals surface area contributed by atoms with Gasteiger partial charge in [0.15, 0.2) is 6.29 Å². The quantitative estimate of drug-likeness (QED) is 0.233. The molecule has 6 heteroatoms. The Hall–Kier alpha value is -2.97. The van der Waals surface area contributed by atoms with Crippen LogP contribution in [0.2, 0.25) is 0 Å². The molecule has 0 radical (unpaired) electrons. The fourth-order valence-electron chi connectivity index (χ4n) is 4.95. The van der Waals surface area contributed by atoms with Gasteiger partial charge in [-0.1, -0.05) is 121 Å². The van der Waals surface area contributed by atoms with Crippen LogP contribution in [-0.2, 0) is 36.9 Å². The van der Waals surface area contributed by atoms with Crippen molar-refractivity contribution >= 4 is 11.8 Å². The highest BCUT2D eigenvalue weighted by Crippen LogP contribution is 2.41. The zero-order valence-electron chi connectivity index (χ0n) is 21.6. The zero-order valence-corrected chi connectivity index (χ0v) is 22.4. The van der Waals surface area contributed by atoms with Crippen LogP contribution in [0.25, 0.3) is 0 Å². The van der Waals surface area contributed by atoms with Gasteiger partial charge in [0.2, 0.25) is 0 Å². The molecule has 39 heavy (non-hydrogen) atoms. The van der Waals surface area contributed by atoms with Gasteiger partial charge in [-0.25, -0.2) is 0 Å². The Balaban J connectivity index is 1.30. The number of thioether (sulfide) groups is 1. The molecule has 4 aromatic rings. The first-order valence-corrected chi connectivity index (χ1v) is 14.2. The van der Waals surface area contributed by atoms with E-state index in [1.165, 1.54) is 0 Å². The molecule has 2 heterocycles. The van der Waals surface area contributed by atoms with E-state index in [1.54, 1.807) is 11.8 Å². The number of hydrogen-bond acceptors (Lipinski definition) is 6. The molecular formula is C33H32O5S. The molecule has 6 rings (SSSR count). The third-order valence-corrected chi connectivity index (χ3v) is 8.08. The maximum Gasteiger partial charge on any atom is 0.184 e. The van der Waals surface area contributed by atoms with Gasteiger partial charge >= 0.3 is 0 Å². The monoisotopic (exact) mass is 540 g/mol. The van der Waals surface area contributed by atoms with Crippen molar-refractivity contribution in [3.8, 4) is 0 Å². The Kier molecular flexibility index (Phi) is 8.70. The average molecular weight is 541 g/mol. The lowest BCUT2D eigenvalue weighted by Gasteiger charge is -2.49. The van der Waals surface area contributed by atoms with Crippen LogP contribution in [0.5, 0.6) is 0 Å². The Bertz CT molecular complexity index is 1270. The highest BCUT2D eigenvalue weighted by Gasteiger charge is 2.51. The van der Waals surface area contributed by atoms with Crippen LogP contribution in [0.4, 0.5) is 0 Å². The topological polar surface area (TPSA) is 46.2 Å². The molecule has 0 aliphatic carbocycles. The molecule has 0 spiro atoms. The Morgan fingerprint density at radius 2 is 1.15 bits per heavy atom. The maximum atomic E-state index is 6.69. The van der Waals surface area contributed by atoms with E-state index < -0.39 is 6.29 Å². The first kappa shape index (κ1) is 26.3. The lowest BCUT2D eigenvalue weighted by Crippen LogP contribution is -2.62. The van der Waals surface area contributed by atoms with E-state index in [9.17, 15) is 0 Å². The molecule has 0 amide bonds. The Labute approximate surface area is 234 Å². The smallest absolute Gasteiger partial charge is 0.184 e. The summed E-state index contributed by atoms with van der Waals surface area (Å²) in [5.41, 5.74) is 2.86. The van der Waals surface area contributed by atoms with Gasteiger partial charge in [-0.2, -0.15) is 0 Å². The van der Waals surface area contributed by atoms with E-state index in [2.05, 4.69) is 36.4 Å². The van der Waals surface area contributed by atoms with Gasteiger partial charge in [0.05, 0.1) is 19.8 Å². The molecule has 0 saturated carbocycles. The molecule has 2 aliphatic rings. The molecule has 6 atom stereocenters. The van der Waals surface area contributed by atoms with Crippen LogP contribution in [0, 0.1) is 0 Å². The van der Waals surface area contributed by atoms with Crippen LogP contribution in [0.1, 0.15) is 23.0 Å². The molecule has 1 unspecified atom stereocenters. The van der Waals surface area contributed by atoms with Gasteiger partial charge in [0.25, 0.3) is 0 Å². The third-order valence-electron chi connectivity index (χ3n) is 6.92. The van der Waals surface area contributed by atoms with Crippen LogP contribution in [-0.4, -0.2) is 36.5 Å². The minimum absolute atomic E-state index is 0.288. The molecule has 2 aliphatic heterocycles. The summed E-state index contributed by atoms with van der Waals surface area (Å²) in [4.78, 5) is 1.11. The summed E-state index contributed by atoms with van der Waals surface area (Å²) in [6, 6.07) is 40.7. The minimum Gasteiger partial charge on any atom is -0.368 e. The molecule has 0 N–H and O–H groups in total. The van der Waals surface area contributed by atoms with Crippen molar-refractivity contribution in [1.29, 1.82) is 0 Å². The molecule has 4 aromatic carbocycles. The van der Waals surface area contributed by atoms with Crippen molar-refractivity contribution in [1.82, 2.24) is 0 Å². The van der Waals surface area contributed by atoms with E-state index >= 15 is 0 Å². The van der Waals surface area contributed by atoms with Gasteiger partial charge in [-0.05, 0) is 23.3 Å². The van der Waals surface area contributed by atoms with Gasteiger partial charge in [-0.15, -0.1) is 0 Å². The summed E-state index contributed by atoms with van der Waals surface area (Å²) in [5, 5.41) is 0. The zero-order chi connectivity index (χ0) is 26.3. The summed E-state index contributed by atoms with van der Waals surface area (Å²) >= 11 is 1.65. The van der Waals surface area contributed by atoms with Crippen LogP contribution in [0.15, 0.2) is 126 Å². The second-order valence-electron chi connectivity index (χ2n) is 9.67. The number of fused-ring (bicyclic) bond motifs is 1. The van der Waals surface area contributed by atoms with E-state index in [0.717, 1.165) is 21.6 Å². The first-order valence-electron chi connectivity index (χ1n) is 13.3. The molecule has 0 aromatic heterocycles. The van der Waals surface area contributed by atoms with Crippen LogP contribution in [0.3, 0.4) is 0 Å². The van der Waals surface area contributed by atoms with Crippen molar-refractivity contribution in [3.63, 3.8) is 0 Å². The largest absolute Gasteiger partial charge is 0.368 e. The van der Waals surface area contributed by atoms with Gasteiger partial charge in [-0.3, -0.25) is 0 Å². The normalized spacial score (nSPS) is 26.6. The van der Waals surface area contributed by atoms with Gasteiger partial charge in [0, 0.05) is 10.5 Å². The predicted octanol–water partition coefficient (Wildman–Crippen LogP) is 6.79. The highest BCUT2D eigenvalue weighted by atomic mass is 32.2. The number of hydrogen-bond donors (Lipinski definition) is 0. The molecule has 200 valence electrons. The average Bonchev–Trinajstić information content (AvgIpc) is 3.01. The van der Waals surface area contributed by atoms with Crippen molar-refractivity contribution in [2.75, 3.05) is 6.61 Å². The van der Waals surface area contributed by atoms with Crippen molar-refractivity contribution in [3.05, 3.63) is 138 Å². The van der Waals surface area contributed by atoms with E-state index in [4.69, 9.17) is 23.7 Å². The van der Waals surface area contributed by atoms with E-state index in [-0.39, 0.29) is 29.9 Å². The summed E-state index contributed by atoms with van der Waals surface area (Å²) in [5.74, 6) is 0. The summed E-state index contributed by atoms with van der Waals surface area (Å²) < 4.78 is 32.8. The molecule has 5 nitrogen and oxygen atoms in total. The lowest BCUT2D eigenvalue weighted by molar-refractivity contribution is -0.329. The van der Waals surface area contributed by atoms with Gasteiger partial charge in [0.1, 0.15) is 29.9 Å². The van der Waals surface area contributed by atoms with Crippen LogP contribution >= 0.6 is 11.8 Å². The highest BCUT2D eigenvalue weighted by molar-refractivity contribution is 7.99. The number of ether oxygens (including phenoxy) is 5. The van der Waals surface area contributed by atoms with E-state index in [1.807, 2.05) is 84.9 Å². The Morgan fingerprint density at radius 3 is 1.77 bits per heavy atom. The number of rotatable bonds is 9. The van der Waals surface area contributed by atoms with Gasteiger partial charge < -0.3 is 23.7 Å². The maximum absolute atomic E-state index is 6.69. The standard InChI is InChI=1S/C33H32O5S/c1-5-13-24(14-6-1)21-34-30-29-28(23-36-32(38-29)26-17-9-3-10-18-26)37-33(39-27-19-11-4-12-20-27)31(30)35-22-25-15-7-2-8-16-25/h1-20,28-33H,21-23H2/t28-,29-,30+,31-,32?,33-/m1/s1. The first-order chi connectivity index (χ1) is 19.3. The second kappa shape index (κ2) is 12.9. The molecular weight excluding hydrogens is 508 g/mol. The fraction of sp³-hybridized carbons (Fsp3) is 0.273. The molecule has 0 bridgehead atoms. The summed E-state index contributed by atoms with van der Waals surface area (Å²) in [6.45, 7) is 1.30. The lowest BCUT2D eigenvalue weighted by atomic mass is 9.98. The van der Waals surface area contributed by atoms with Crippen molar-refractivity contribution in [2.24, 2.45) is 0 Å². The SMILES string of the molecule is c1ccc(CO[C@@H]2[C@@H](OCc3ccccc3)[C@@H](Sc3ccccc3)O[C@@H]3COC(c4ccccc4)O[C@@H]23)cc1. The number of benzene rings is 4. The third kappa shape index (κ3) is 6.61. The minimum atomic E-state index is -0.494. The summed E-state index contributed by atoms with van der Waals surface area (Å²) in [6.07, 6.45) is -1.89. The fourth-order valence-corrected chi connectivity index (χ4v) is 6.10. The Morgan fingerprint density at radius 1 is 0.615 bits per heavy atom. The molecule has 2 fully saturated rings. The van der Waals surface area contributed by atoms with Crippen LogP contribution < -0.4 is 0 Å². The van der Waals surface area contributed by atoms with Crippen molar-refractivity contribution < 1.29 is 23.7 Å². The molecule has 2 saturated heterocycles. The summed E-state index contributed by atoms with van der Waals surface area (Å²) in [7, 11) is 0.